The van der Waals surface area contributed by atoms with Gasteiger partial charge in [0, 0.05) is 6.04 Å². The molecular formula is C15H24N2O3. The molecule has 20 heavy (non-hydrogen) atoms. The first-order valence-electron chi connectivity index (χ1n) is 7.59. The van der Waals surface area contributed by atoms with Gasteiger partial charge in [0.05, 0.1) is 0 Å². The van der Waals surface area contributed by atoms with Crippen LogP contribution in [0, 0.1) is 29.1 Å². The van der Waals surface area contributed by atoms with Crippen molar-refractivity contribution in [1.29, 1.82) is 0 Å². The molecule has 3 aliphatic rings. The molecule has 2 amide bonds. The standard InChI is InChI=1S/C15H24N2O3/c1-15(2,3)12(13(18)19)17-14(20)16-11-9-7-4-5-8(6-7)10(9)11/h7-12H,4-6H2,1-3H3,(H,18,19)(H2,16,17,20). The average molecular weight is 280 g/mol. The number of fused-ring (bicyclic) bond motifs is 5. The molecule has 3 aliphatic carbocycles. The number of hydrogen-bond donors (Lipinski definition) is 3. The Bertz CT molecular complexity index is 427. The molecule has 0 aromatic carbocycles. The van der Waals surface area contributed by atoms with E-state index in [-0.39, 0.29) is 12.1 Å². The van der Waals surface area contributed by atoms with Crippen molar-refractivity contribution in [3.8, 4) is 0 Å². The molecule has 0 aromatic heterocycles. The Morgan fingerprint density at radius 2 is 1.70 bits per heavy atom. The first kappa shape index (κ1) is 13.7. The summed E-state index contributed by atoms with van der Waals surface area (Å²) >= 11 is 0. The fourth-order valence-corrected chi connectivity index (χ4v) is 4.49. The van der Waals surface area contributed by atoms with Crippen LogP contribution >= 0.6 is 0 Å². The van der Waals surface area contributed by atoms with E-state index >= 15 is 0 Å². The lowest BCUT2D eigenvalue weighted by atomic mass is 9.87. The molecule has 3 fully saturated rings. The third-order valence-electron chi connectivity index (χ3n) is 5.42. The van der Waals surface area contributed by atoms with Crippen LogP contribution < -0.4 is 10.6 Å². The highest BCUT2D eigenvalue weighted by Crippen LogP contribution is 2.65. The van der Waals surface area contributed by atoms with Crippen molar-refractivity contribution in [1.82, 2.24) is 10.6 Å². The van der Waals surface area contributed by atoms with Crippen LogP contribution in [-0.4, -0.2) is 29.2 Å². The second-order valence-corrected chi connectivity index (χ2v) is 7.77. The molecule has 5 nitrogen and oxygen atoms in total. The van der Waals surface area contributed by atoms with E-state index in [1.54, 1.807) is 0 Å². The van der Waals surface area contributed by atoms with Gasteiger partial charge in [0.25, 0.3) is 0 Å². The summed E-state index contributed by atoms with van der Waals surface area (Å²) < 4.78 is 0. The largest absolute Gasteiger partial charge is 0.480 e. The van der Waals surface area contributed by atoms with Gasteiger partial charge < -0.3 is 15.7 Å². The van der Waals surface area contributed by atoms with Crippen molar-refractivity contribution in [3.05, 3.63) is 0 Å². The van der Waals surface area contributed by atoms with Crippen LogP contribution in [-0.2, 0) is 4.79 Å². The Morgan fingerprint density at radius 3 is 2.15 bits per heavy atom. The lowest BCUT2D eigenvalue weighted by molar-refractivity contribution is -0.141. The summed E-state index contributed by atoms with van der Waals surface area (Å²) in [5, 5.41) is 14.8. The number of aliphatic carboxylic acids is 1. The lowest BCUT2D eigenvalue weighted by Gasteiger charge is -2.28. The molecular weight excluding hydrogens is 256 g/mol. The van der Waals surface area contributed by atoms with Gasteiger partial charge in [-0.25, -0.2) is 9.59 Å². The molecule has 5 unspecified atom stereocenters. The fourth-order valence-electron chi connectivity index (χ4n) is 4.49. The zero-order chi connectivity index (χ0) is 14.7. The van der Waals surface area contributed by atoms with Gasteiger partial charge in [-0.3, -0.25) is 0 Å². The number of carboxylic acid groups (broad SMARTS) is 1. The smallest absolute Gasteiger partial charge is 0.326 e. The number of carbonyl (C=O) groups is 2. The molecule has 112 valence electrons. The summed E-state index contributed by atoms with van der Waals surface area (Å²) in [5.41, 5.74) is -0.498. The second kappa shape index (κ2) is 4.37. The van der Waals surface area contributed by atoms with Gasteiger partial charge in [-0.05, 0) is 48.3 Å². The molecule has 3 rings (SSSR count). The number of carboxylic acids is 1. The van der Waals surface area contributed by atoms with Crippen molar-refractivity contribution in [2.75, 3.05) is 0 Å². The highest BCUT2D eigenvalue weighted by atomic mass is 16.4. The number of nitrogens with one attached hydrogen (secondary N) is 2. The fraction of sp³-hybridized carbons (Fsp3) is 0.867. The van der Waals surface area contributed by atoms with Crippen LogP contribution in [0.3, 0.4) is 0 Å². The van der Waals surface area contributed by atoms with Gasteiger partial charge in [-0.2, -0.15) is 0 Å². The van der Waals surface area contributed by atoms with E-state index in [4.69, 9.17) is 0 Å². The quantitative estimate of drug-likeness (QED) is 0.738. The Balaban J connectivity index is 1.55. The molecule has 0 heterocycles. The van der Waals surface area contributed by atoms with E-state index in [1.807, 2.05) is 20.8 Å². The summed E-state index contributed by atoms with van der Waals surface area (Å²) in [4.78, 5) is 23.3. The first-order chi connectivity index (χ1) is 9.29. The van der Waals surface area contributed by atoms with E-state index in [9.17, 15) is 14.7 Å². The first-order valence-corrected chi connectivity index (χ1v) is 7.59. The Morgan fingerprint density at radius 1 is 1.15 bits per heavy atom. The molecule has 5 heteroatoms. The normalized spacial score (nSPS) is 39.0. The third-order valence-corrected chi connectivity index (χ3v) is 5.42. The van der Waals surface area contributed by atoms with Crippen molar-refractivity contribution in [2.45, 2.75) is 52.1 Å². The van der Waals surface area contributed by atoms with Gasteiger partial charge in [0.2, 0.25) is 0 Å². The van der Waals surface area contributed by atoms with E-state index in [0.29, 0.717) is 11.8 Å². The van der Waals surface area contributed by atoms with Crippen molar-refractivity contribution in [2.24, 2.45) is 29.1 Å². The zero-order valence-electron chi connectivity index (χ0n) is 12.3. The van der Waals surface area contributed by atoms with E-state index < -0.39 is 17.4 Å². The third kappa shape index (κ3) is 2.17. The number of amides is 2. The average Bonchev–Trinajstić information content (AvgIpc) is 2.72. The lowest BCUT2D eigenvalue weighted by Crippen LogP contribution is -2.53. The van der Waals surface area contributed by atoms with Crippen LogP contribution in [0.5, 0.6) is 0 Å². The highest BCUT2D eigenvalue weighted by Gasteiger charge is 2.65. The molecule has 0 aliphatic heterocycles. The van der Waals surface area contributed by atoms with Gasteiger partial charge in [-0.1, -0.05) is 20.8 Å². The van der Waals surface area contributed by atoms with Crippen molar-refractivity contribution >= 4 is 12.0 Å². The maximum atomic E-state index is 12.0. The SMILES string of the molecule is CC(C)(C)C(NC(=O)NC1C2C3CCC(C3)C12)C(=O)O. The second-order valence-electron chi connectivity index (χ2n) is 7.77. The summed E-state index contributed by atoms with van der Waals surface area (Å²) in [6, 6.07) is -0.903. The molecule has 3 saturated carbocycles. The summed E-state index contributed by atoms with van der Waals surface area (Å²) in [6.45, 7) is 5.45. The van der Waals surface area contributed by atoms with Gasteiger partial charge in [0.15, 0.2) is 0 Å². The van der Waals surface area contributed by atoms with Crippen molar-refractivity contribution in [3.63, 3.8) is 0 Å². The van der Waals surface area contributed by atoms with Crippen LogP contribution in [0.15, 0.2) is 0 Å². The highest BCUT2D eigenvalue weighted by molar-refractivity contribution is 5.83. The molecule has 3 N–H and O–H groups in total. The Labute approximate surface area is 119 Å². The van der Waals surface area contributed by atoms with E-state index in [0.717, 1.165) is 11.8 Å². The molecule has 0 aromatic rings. The molecule has 0 spiro atoms. The molecule has 5 atom stereocenters. The van der Waals surface area contributed by atoms with Gasteiger partial charge in [-0.15, -0.1) is 0 Å². The van der Waals surface area contributed by atoms with Crippen molar-refractivity contribution < 1.29 is 14.7 Å². The van der Waals surface area contributed by atoms with Crippen LogP contribution in [0.2, 0.25) is 0 Å². The number of carbonyl (C=O) groups excluding carboxylic acids is 1. The molecule has 0 radical (unpaired) electrons. The van der Waals surface area contributed by atoms with Gasteiger partial charge >= 0.3 is 12.0 Å². The summed E-state index contributed by atoms with van der Waals surface area (Å²) in [5.74, 6) is 1.94. The minimum atomic E-state index is -0.983. The monoisotopic (exact) mass is 280 g/mol. The maximum absolute atomic E-state index is 12.0. The summed E-state index contributed by atoms with van der Waals surface area (Å²) in [7, 11) is 0. The maximum Gasteiger partial charge on any atom is 0.326 e. The Hall–Kier alpha value is -1.26. The van der Waals surface area contributed by atoms with Crippen LogP contribution in [0.4, 0.5) is 4.79 Å². The van der Waals surface area contributed by atoms with E-state index in [1.165, 1.54) is 19.3 Å². The topological polar surface area (TPSA) is 78.4 Å². The van der Waals surface area contributed by atoms with Crippen LogP contribution in [0.25, 0.3) is 0 Å². The Kier molecular flexibility index (Phi) is 2.99. The molecule has 0 saturated heterocycles. The number of hydrogen-bond acceptors (Lipinski definition) is 2. The predicted molar refractivity (Wildman–Crippen MR) is 74.1 cm³/mol. The van der Waals surface area contributed by atoms with Crippen LogP contribution in [0.1, 0.15) is 40.0 Å². The van der Waals surface area contributed by atoms with Gasteiger partial charge in [0.1, 0.15) is 6.04 Å². The predicted octanol–water partition coefficient (Wildman–Crippen LogP) is 1.83. The minimum Gasteiger partial charge on any atom is -0.480 e. The van der Waals surface area contributed by atoms with E-state index in [2.05, 4.69) is 10.6 Å². The number of rotatable bonds is 3. The zero-order valence-corrected chi connectivity index (χ0v) is 12.3. The number of urea groups is 1. The molecule has 2 bridgehead atoms. The minimum absolute atomic E-state index is 0.288. The summed E-state index contributed by atoms with van der Waals surface area (Å²) in [6.07, 6.45) is 3.96.